The third kappa shape index (κ3) is 8.84. The van der Waals surface area contributed by atoms with E-state index in [9.17, 15) is 0 Å². The average Bonchev–Trinajstić information content (AvgIpc) is 2.19. The van der Waals surface area contributed by atoms with Crippen molar-refractivity contribution in [1.82, 2.24) is 9.80 Å². The normalized spacial score (nSPS) is 11.6. The molecule has 0 saturated carbocycles. The molecule has 0 N–H and O–H groups in total. The zero-order valence-corrected chi connectivity index (χ0v) is 11.8. The van der Waals surface area contributed by atoms with Crippen molar-refractivity contribution in [1.29, 1.82) is 0 Å². The molecule has 0 aromatic carbocycles. The number of hydrogen-bond acceptors (Lipinski definition) is 2. The highest BCUT2D eigenvalue weighted by Gasteiger charge is 2.09. The maximum Gasteiger partial charge on any atom is 0.0508 e. The molecule has 0 spiro atoms. The van der Waals surface area contributed by atoms with Crippen LogP contribution in [0.1, 0.15) is 0 Å². The zero-order chi connectivity index (χ0) is 11.5. The number of alkyl halides is 4. The summed E-state index contributed by atoms with van der Waals surface area (Å²) in [6, 6.07) is 0. The Morgan fingerprint density at radius 3 is 1.00 bits per heavy atom. The average molecular weight is 296 g/mol. The monoisotopic (exact) mass is 294 g/mol. The van der Waals surface area contributed by atoms with Crippen molar-refractivity contribution in [3.05, 3.63) is 0 Å². The van der Waals surface area contributed by atoms with Crippen molar-refractivity contribution in [3.63, 3.8) is 0 Å². The lowest BCUT2D eigenvalue weighted by Crippen LogP contribution is -2.41. The van der Waals surface area contributed by atoms with Crippen LogP contribution >= 0.6 is 46.4 Å². The Labute approximate surface area is 112 Å². The molecule has 0 unspecified atom stereocenters. The van der Waals surface area contributed by atoms with Crippen molar-refractivity contribution in [2.24, 2.45) is 0 Å². The van der Waals surface area contributed by atoms with Gasteiger partial charge in [0, 0.05) is 49.7 Å². The predicted molar refractivity (Wildman–Crippen MR) is 70.9 cm³/mol. The molecule has 0 atom stereocenters. The van der Waals surface area contributed by atoms with E-state index in [2.05, 4.69) is 9.80 Å². The van der Waals surface area contributed by atoms with Gasteiger partial charge in [0.25, 0.3) is 0 Å². The molecular formula is C9H18Cl4N2. The summed E-state index contributed by atoms with van der Waals surface area (Å²) in [4.78, 5) is 4.41. The van der Waals surface area contributed by atoms with Gasteiger partial charge in [-0.3, -0.25) is 9.80 Å². The van der Waals surface area contributed by atoms with Gasteiger partial charge in [-0.15, -0.1) is 46.4 Å². The van der Waals surface area contributed by atoms with Crippen LogP contribution in [0.15, 0.2) is 0 Å². The second-order valence-corrected chi connectivity index (χ2v) is 4.65. The van der Waals surface area contributed by atoms with Crippen LogP contribution in [-0.2, 0) is 0 Å². The molecule has 0 aliphatic rings. The summed E-state index contributed by atoms with van der Waals surface area (Å²) >= 11 is 22.9. The van der Waals surface area contributed by atoms with Gasteiger partial charge in [0.1, 0.15) is 0 Å². The smallest absolute Gasteiger partial charge is 0.0508 e. The molecule has 0 aromatic heterocycles. The number of hydrogen-bond donors (Lipinski definition) is 0. The molecule has 0 heterocycles. The van der Waals surface area contributed by atoms with Gasteiger partial charge in [-0.05, 0) is 0 Å². The molecule has 0 aromatic rings. The summed E-state index contributed by atoms with van der Waals surface area (Å²) in [6.07, 6.45) is 0. The van der Waals surface area contributed by atoms with Crippen LogP contribution in [0.4, 0.5) is 0 Å². The van der Waals surface area contributed by atoms with Gasteiger partial charge in [-0.1, -0.05) is 0 Å². The van der Waals surface area contributed by atoms with Crippen LogP contribution in [0.5, 0.6) is 0 Å². The first-order chi connectivity index (χ1) is 7.28. The summed E-state index contributed by atoms with van der Waals surface area (Å²) in [6.45, 7) is 4.20. The molecule has 0 aliphatic carbocycles. The fourth-order valence-corrected chi connectivity index (χ4v) is 2.22. The molecule has 2 nitrogen and oxygen atoms in total. The van der Waals surface area contributed by atoms with E-state index in [4.69, 9.17) is 46.4 Å². The molecule has 0 rings (SSSR count). The van der Waals surface area contributed by atoms with Gasteiger partial charge < -0.3 is 0 Å². The quantitative estimate of drug-likeness (QED) is 0.451. The summed E-state index contributed by atoms with van der Waals surface area (Å²) in [5.41, 5.74) is 0. The molecule has 0 saturated heterocycles. The highest BCUT2D eigenvalue weighted by atomic mass is 35.5. The maximum atomic E-state index is 5.71. The van der Waals surface area contributed by atoms with E-state index >= 15 is 0 Å². The first kappa shape index (κ1) is 16.1. The number of nitrogens with zero attached hydrogens (tertiary/aromatic N) is 2. The predicted octanol–water partition coefficient (Wildman–Crippen LogP) is 2.50. The summed E-state index contributed by atoms with van der Waals surface area (Å²) in [5, 5.41) is 0. The van der Waals surface area contributed by atoms with E-state index in [1.807, 2.05) is 0 Å². The zero-order valence-electron chi connectivity index (χ0n) is 8.77. The lowest BCUT2D eigenvalue weighted by molar-refractivity contribution is 0.155. The Kier molecular flexibility index (Phi) is 12.4. The third-order valence-corrected chi connectivity index (χ3v) is 2.68. The Morgan fingerprint density at radius 2 is 0.800 bits per heavy atom. The second kappa shape index (κ2) is 11.6. The molecule has 0 bridgehead atoms. The number of rotatable bonds is 10. The Morgan fingerprint density at radius 1 is 0.533 bits per heavy atom. The van der Waals surface area contributed by atoms with Crippen LogP contribution in [0, 0.1) is 0 Å². The summed E-state index contributed by atoms with van der Waals surface area (Å²) in [5.74, 6) is 2.47. The third-order valence-electron chi connectivity index (χ3n) is 2.00. The van der Waals surface area contributed by atoms with Gasteiger partial charge in [-0.2, -0.15) is 0 Å². The lowest BCUT2D eigenvalue weighted by atomic mass is 10.5. The van der Waals surface area contributed by atoms with Gasteiger partial charge in [-0.25, -0.2) is 0 Å². The fraction of sp³-hybridized carbons (Fsp3) is 1.00. The summed E-state index contributed by atoms with van der Waals surface area (Å²) < 4.78 is 0. The van der Waals surface area contributed by atoms with Crippen LogP contribution in [0.25, 0.3) is 0 Å². The van der Waals surface area contributed by atoms with Gasteiger partial charge in [0.2, 0.25) is 0 Å². The van der Waals surface area contributed by atoms with Crippen LogP contribution < -0.4 is 0 Å². The highest BCUT2D eigenvalue weighted by Crippen LogP contribution is 1.98. The Bertz CT molecular complexity index is 111. The van der Waals surface area contributed by atoms with Crippen molar-refractivity contribution < 1.29 is 0 Å². The van der Waals surface area contributed by atoms with Crippen LogP contribution in [0.2, 0.25) is 0 Å². The van der Waals surface area contributed by atoms with E-state index in [0.717, 1.165) is 32.8 Å². The lowest BCUT2D eigenvalue weighted by Gasteiger charge is -2.28. The topological polar surface area (TPSA) is 6.48 Å². The van der Waals surface area contributed by atoms with E-state index in [0.29, 0.717) is 23.5 Å². The van der Waals surface area contributed by atoms with E-state index < -0.39 is 0 Å². The van der Waals surface area contributed by atoms with Gasteiger partial charge in [0.15, 0.2) is 0 Å². The molecule has 0 amide bonds. The standard InChI is InChI=1S/C9H18Cl4N2/c10-1-5-14(6-2-11)9-15(7-3-12)8-4-13/h1-9H2. The second-order valence-electron chi connectivity index (χ2n) is 3.13. The van der Waals surface area contributed by atoms with Crippen molar-refractivity contribution >= 4 is 46.4 Å². The van der Waals surface area contributed by atoms with Crippen molar-refractivity contribution in [2.75, 3.05) is 56.4 Å². The molecule has 0 fully saturated rings. The molecule has 6 heteroatoms. The molecule has 92 valence electrons. The minimum Gasteiger partial charge on any atom is -0.288 e. The molecule has 0 aliphatic heterocycles. The van der Waals surface area contributed by atoms with E-state index in [-0.39, 0.29) is 0 Å². The Balaban J connectivity index is 3.93. The van der Waals surface area contributed by atoms with Gasteiger partial charge >= 0.3 is 0 Å². The minimum atomic E-state index is 0.618. The van der Waals surface area contributed by atoms with Gasteiger partial charge in [0.05, 0.1) is 6.67 Å². The Hall–Kier alpha value is 1.08. The first-order valence-corrected chi connectivity index (χ1v) is 7.10. The minimum absolute atomic E-state index is 0.618. The van der Waals surface area contributed by atoms with E-state index in [1.54, 1.807) is 0 Å². The van der Waals surface area contributed by atoms with Crippen molar-refractivity contribution in [2.45, 2.75) is 0 Å². The first-order valence-electron chi connectivity index (χ1n) is 4.97. The van der Waals surface area contributed by atoms with Crippen LogP contribution in [0.3, 0.4) is 0 Å². The SMILES string of the molecule is ClCCN(CCCl)CN(CCCl)CCCl. The largest absolute Gasteiger partial charge is 0.288 e. The number of halogens is 4. The van der Waals surface area contributed by atoms with E-state index in [1.165, 1.54) is 0 Å². The van der Waals surface area contributed by atoms with Crippen molar-refractivity contribution in [3.8, 4) is 0 Å². The van der Waals surface area contributed by atoms with Crippen LogP contribution in [-0.4, -0.2) is 66.2 Å². The fourth-order valence-electron chi connectivity index (χ4n) is 1.27. The molecular weight excluding hydrogens is 278 g/mol. The molecule has 0 radical (unpaired) electrons. The summed E-state index contributed by atoms with van der Waals surface area (Å²) in [7, 11) is 0. The highest BCUT2D eigenvalue weighted by molar-refractivity contribution is 6.18. The molecule has 15 heavy (non-hydrogen) atoms. The maximum absolute atomic E-state index is 5.71.